The Morgan fingerprint density at radius 3 is 2.67 bits per heavy atom. The second-order valence-corrected chi connectivity index (χ2v) is 7.46. The Morgan fingerprint density at radius 1 is 1.17 bits per heavy atom. The van der Waals surface area contributed by atoms with E-state index in [9.17, 15) is 14.4 Å². The van der Waals surface area contributed by atoms with Crippen molar-refractivity contribution in [2.24, 2.45) is 0 Å². The summed E-state index contributed by atoms with van der Waals surface area (Å²) in [6.07, 6.45) is 4.88. The highest BCUT2D eigenvalue weighted by Gasteiger charge is 2.34. The van der Waals surface area contributed by atoms with E-state index in [1.165, 1.54) is 0 Å². The highest BCUT2D eigenvalue weighted by Crippen LogP contribution is 2.31. The molecule has 1 aromatic carbocycles. The fourth-order valence-electron chi connectivity index (χ4n) is 2.62. The molecule has 2 aromatic rings. The molecular weight excluding hydrogens is 404 g/mol. The van der Waals surface area contributed by atoms with Gasteiger partial charge in [-0.3, -0.25) is 19.5 Å². The third-order valence-corrected chi connectivity index (χ3v) is 5.06. The van der Waals surface area contributed by atoms with Gasteiger partial charge in [0, 0.05) is 25.5 Å². The summed E-state index contributed by atoms with van der Waals surface area (Å²) in [4.78, 5) is 41.8. The van der Waals surface area contributed by atoms with Crippen LogP contribution < -0.4 is 15.4 Å². The molecule has 0 radical (unpaired) electrons. The zero-order valence-corrected chi connectivity index (χ0v) is 17.3. The van der Waals surface area contributed by atoms with E-state index in [0.29, 0.717) is 18.1 Å². The molecule has 0 unspecified atom stereocenters. The Bertz CT molecular complexity index is 932. The number of urea groups is 1. The lowest BCUT2D eigenvalue weighted by atomic mass is 10.2. The lowest BCUT2D eigenvalue weighted by molar-refractivity contribution is -0.122. The number of pyridine rings is 1. The summed E-state index contributed by atoms with van der Waals surface area (Å²) >= 11 is 0.877. The summed E-state index contributed by atoms with van der Waals surface area (Å²) in [7, 11) is 0. The van der Waals surface area contributed by atoms with Gasteiger partial charge in [0.05, 0.1) is 11.4 Å². The molecule has 0 aliphatic carbocycles. The maximum Gasteiger partial charge on any atom is 0.314 e. The number of hydrogen-bond donors (Lipinski definition) is 2. The average molecular weight is 426 g/mol. The van der Waals surface area contributed by atoms with Gasteiger partial charge in [0.1, 0.15) is 12.4 Å². The summed E-state index contributed by atoms with van der Waals surface area (Å²) in [5.74, 6) is 0.365. The van der Waals surface area contributed by atoms with E-state index in [4.69, 9.17) is 4.74 Å². The Morgan fingerprint density at radius 2 is 1.93 bits per heavy atom. The summed E-state index contributed by atoms with van der Waals surface area (Å²) < 4.78 is 5.53. The molecule has 8 nitrogen and oxygen atoms in total. The number of thioether (sulfide) groups is 1. The Balaban J connectivity index is 1.36. The van der Waals surface area contributed by atoms with Gasteiger partial charge in [-0.15, -0.1) is 0 Å². The first kappa shape index (κ1) is 21.4. The zero-order chi connectivity index (χ0) is 21.3. The molecule has 1 saturated heterocycles. The lowest BCUT2D eigenvalue weighted by Crippen LogP contribution is -2.42. The van der Waals surface area contributed by atoms with Crippen LogP contribution in [0.25, 0.3) is 6.08 Å². The second kappa shape index (κ2) is 10.4. The second-order valence-electron chi connectivity index (χ2n) is 6.46. The summed E-state index contributed by atoms with van der Waals surface area (Å²) in [6, 6.07) is 10.8. The third-order valence-electron chi connectivity index (χ3n) is 4.15. The van der Waals surface area contributed by atoms with Gasteiger partial charge in [-0.05, 0) is 48.5 Å². The molecule has 0 atom stereocenters. The molecule has 156 valence electrons. The number of carbonyl (C=O) groups excluding carboxylic acids is 3. The molecule has 0 spiro atoms. The molecule has 0 saturated carbocycles. The molecular formula is C21H22N4O4S. The number of nitrogens with zero attached hydrogens (tertiary/aromatic N) is 2. The van der Waals surface area contributed by atoms with Gasteiger partial charge < -0.3 is 15.4 Å². The standard InChI is InChI=1S/C21H22N4O4S/c1-15-4-6-17(7-5-15)29-12-10-24-20(27)23-9-11-25-19(26)18(30-21(25)28)13-16-3-2-8-22-14-16/h2-8,13-14H,9-12H2,1H3,(H2,23,24,27). The van der Waals surface area contributed by atoms with E-state index in [-0.39, 0.29) is 30.3 Å². The minimum atomic E-state index is -0.389. The van der Waals surface area contributed by atoms with Crippen LogP contribution in [-0.4, -0.2) is 53.3 Å². The van der Waals surface area contributed by atoms with Crippen molar-refractivity contribution in [3.63, 3.8) is 0 Å². The van der Waals surface area contributed by atoms with Crippen molar-refractivity contribution in [3.05, 3.63) is 64.8 Å². The van der Waals surface area contributed by atoms with E-state index in [2.05, 4.69) is 15.6 Å². The molecule has 1 aromatic heterocycles. The van der Waals surface area contributed by atoms with Crippen LogP contribution in [0.5, 0.6) is 5.75 Å². The van der Waals surface area contributed by atoms with Crippen LogP contribution in [0.3, 0.4) is 0 Å². The summed E-state index contributed by atoms with van der Waals surface area (Å²) in [5, 5.41) is 4.94. The predicted molar refractivity (Wildman–Crippen MR) is 115 cm³/mol. The van der Waals surface area contributed by atoms with Gasteiger partial charge in [0.25, 0.3) is 11.1 Å². The molecule has 3 rings (SSSR count). The van der Waals surface area contributed by atoms with Crippen molar-refractivity contribution in [3.8, 4) is 5.75 Å². The maximum atomic E-state index is 12.4. The topological polar surface area (TPSA) is 101 Å². The van der Waals surface area contributed by atoms with Gasteiger partial charge >= 0.3 is 6.03 Å². The Labute approximate surface area is 178 Å². The largest absolute Gasteiger partial charge is 0.492 e. The number of imide groups is 1. The lowest BCUT2D eigenvalue weighted by Gasteiger charge is -2.13. The number of ether oxygens (including phenoxy) is 1. The van der Waals surface area contributed by atoms with Crippen LogP contribution in [0.4, 0.5) is 9.59 Å². The molecule has 0 bridgehead atoms. The first-order chi connectivity index (χ1) is 14.5. The molecule has 4 amide bonds. The van der Waals surface area contributed by atoms with Crippen molar-refractivity contribution < 1.29 is 19.1 Å². The van der Waals surface area contributed by atoms with E-state index >= 15 is 0 Å². The SMILES string of the molecule is Cc1ccc(OCCNC(=O)NCCN2C(=O)SC(=Cc3cccnc3)C2=O)cc1. The fourth-order valence-corrected chi connectivity index (χ4v) is 3.48. The smallest absolute Gasteiger partial charge is 0.314 e. The summed E-state index contributed by atoms with van der Waals surface area (Å²) in [5.41, 5.74) is 1.89. The molecule has 2 heterocycles. The minimum Gasteiger partial charge on any atom is -0.492 e. The number of carbonyl (C=O) groups is 3. The zero-order valence-electron chi connectivity index (χ0n) is 16.5. The van der Waals surface area contributed by atoms with Crippen molar-refractivity contribution in [1.29, 1.82) is 0 Å². The van der Waals surface area contributed by atoms with E-state index < -0.39 is 0 Å². The number of aryl methyl sites for hydroxylation is 1. The Hall–Kier alpha value is -3.33. The van der Waals surface area contributed by atoms with Gasteiger partial charge in [0.15, 0.2) is 0 Å². The van der Waals surface area contributed by atoms with E-state index in [0.717, 1.165) is 33.5 Å². The molecule has 30 heavy (non-hydrogen) atoms. The quantitative estimate of drug-likeness (QED) is 0.497. The van der Waals surface area contributed by atoms with Gasteiger partial charge in [-0.2, -0.15) is 0 Å². The van der Waals surface area contributed by atoms with Crippen LogP contribution in [0.1, 0.15) is 11.1 Å². The van der Waals surface area contributed by atoms with Crippen LogP contribution in [0.2, 0.25) is 0 Å². The third kappa shape index (κ3) is 6.08. The average Bonchev–Trinajstić information content (AvgIpc) is 3.00. The number of aromatic nitrogens is 1. The number of hydrogen-bond acceptors (Lipinski definition) is 6. The first-order valence-corrected chi connectivity index (χ1v) is 10.2. The molecule has 1 aliphatic rings. The van der Waals surface area contributed by atoms with Crippen LogP contribution >= 0.6 is 11.8 Å². The fraction of sp³-hybridized carbons (Fsp3) is 0.238. The van der Waals surface area contributed by atoms with Crippen molar-refractivity contribution in [1.82, 2.24) is 20.5 Å². The monoisotopic (exact) mass is 426 g/mol. The molecule has 9 heteroatoms. The minimum absolute atomic E-state index is 0.0995. The number of rotatable bonds is 8. The van der Waals surface area contributed by atoms with Crippen LogP contribution in [-0.2, 0) is 4.79 Å². The molecule has 1 fully saturated rings. The maximum absolute atomic E-state index is 12.4. The molecule has 1 aliphatic heterocycles. The van der Waals surface area contributed by atoms with Crippen LogP contribution in [0.15, 0.2) is 53.7 Å². The van der Waals surface area contributed by atoms with Crippen LogP contribution in [0, 0.1) is 6.92 Å². The van der Waals surface area contributed by atoms with Gasteiger partial charge in [-0.25, -0.2) is 4.79 Å². The van der Waals surface area contributed by atoms with E-state index in [1.807, 2.05) is 31.2 Å². The van der Waals surface area contributed by atoms with Crippen molar-refractivity contribution in [2.45, 2.75) is 6.92 Å². The van der Waals surface area contributed by atoms with Crippen molar-refractivity contribution in [2.75, 3.05) is 26.2 Å². The molecule has 2 N–H and O–H groups in total. The highest BCUT2D eigenvalue weighted by atomic mass is 32.2. The van der Waals surface area contributed by atoms with E-state index in [1.54, 1.807) is 30.6 Å². The van der Waals surface area contributed by atoms with Gasteiger partial charge in [0.2, 0.25) is 0 Å². The Kier molecular flexibility index (Phi) is 7.45. The van der Waals surface area contributed by atoms with Crippen molar-refractivity contribution >= 4 is 35.0 Å². The summed E-state index contributed by atoms with van der Waals surface area (Å²) in [6.45, 7) is 2.91. The predicted octanol–water partition coefficient (Wildman–Crippen LogP) is 2.80. The first-order valence-electron chi connectivity index (χ1n) is 9.39. The normalized spacial score (nSPS) is 14.8. The number of benzene rings is 1. The number of nitrogens with one attached hydrogen (secondary N) is 2. The number of amides is 4. The highest BCUT2D eigenvalue weighted by molar-refractivity contribution is 8.18. The van der Waals surface area contributed by atoms with Gasteiger partial charge in [-0.1, -0.05) is 23.8 Å².